The van der Waals surface area contributed by atoms with E-state index in [0.717, 1.165) is 21.5 Å². The molecule has 0 spiro atoms. The van der Waals surface area contributed by atoms with E-state index in [2.05, 4.69) is 26.8 Å². The van der Waals surface area contributed by atoms with Gasteiger partial charge < -0.3 is 0 Å². The zero-order chi connectivity index (χ0) is 24.2. The zero-order valence-corrected chi connectivity index (χ0v) is 20.7. The van der Waals surface area contributed by atoms with Crippen LogP contribution < -0.4 is 15.9 Å². The van der Waals surface area contributed by atoms with E-state index in [1.807, 2.05) is 115 Å². The van der Waals surface area contributed by atoms with Crippen molar-refractivity contribution in [1.29, 1.82) is 5.26 Å². The number of benzene rings is 4. The smallest absolute Gasteiger partial charge is 0.204 e. The van der Waals surface area contributed by atoms with E-state index in [1.54, 1.807) is 0 Å². The average molecular weight is 462 g/mol. The van der Waals surface area contributed by atoms with Gasteiger partial charge in [0.25, 0.3) is 0 Å². The van der Waals surface area contributed by atoms with E-state index in [9.17, 15) is 10.1 Å². The summed E-state index contributed by atoms with van der Waals surface area (Å²) in [6.45, 7) is 3.72. The minimum absolute atomic E-state index is 0.0157. The second-order valence-corrected chi connectivity index (χ2v) is 12.6. The van der Waals surface area contributed by atoms with Crippen molar-refractivity contribution < 1.29 is 4.79 Å². The van der Waals surface area contributed by atoms with Crippen molar-refractivity contribution in [3.05, 3.63) is 126 Å². The van der Waals surface area contributed by atoms with E-state index in [-0.39, 0.29) is 11.2 Å². The second kappa shape index (κ2) is 9.68. The first-order valence-electron chi connectivity index (χ1n) is 11.4. The topological polar surface area (TPSA) is 40.9 Å². The average Bonchev–Trinajstić information content (AvgIpc) is 2.88. The fraction of sp³-hybridized carbons (Fsp3) is 0.129. The molecule has 168 valence electrons. The van der Waals surface area contributed by atoms with Gasteiger partial charge in [0.2, 0.25) is 5.78 Å². The highest BCUT2D eigenvalue weighted by atomic mass is 31.2. The van der Waals surface area contributed by atoms with Crippen LogP contribution in [-0.2, 0) is 5.41 Å². The Morgan fingerprint density at radius 2 is 1.03 bits per heavy atom. The molecule has 2 nitrogen and oxygen atoms in total. The molecule has 0 aromatic heterocycles. The highest BCUT2D eigenvalue weighted by molar-refractivity contribution is 7.97. The largest absolute Gasteiger partial charge is 0.288 e. The SMILES string of the molecule is CC(C)(C)c1ccc(C(=O)C(C#N)=P(c2ccccc2)(c2ccccc2)c2ccccc2)cc1. The van der Waals surface area contributed by atoms with E-state index in [4.69, 9.17) is 0 Å². The molecule has 0 atom stereocenters. The van der Waals surface area contributed by atoms with Crippen LogP contribution in [0.25, 0.3) is 0 Å². The fourth-order valence-electron chi connectivity index (χ4n) is 4.33. The van der Waals surface area contributed by atoms with Gasteiger partial charge in [-0.25, -0.2) is 0 Å². The van der Waals surface area contributed by atoms with E-state index >= 15 is 0 Å². The van der Waals surface area contributed by atoms with Gasteiger partial charge in [-0.2, -0.15) is 5.26 Å². The summed E-state index contributed by atoms with van der Waals surface area (Å²) in [4.78, 5) is 14.1. The molecular formula is C31H28NOP. The minimum atomic E-state index is -2.72. The Labute approximate surface area is 202 Å². The molecule has 0 saturated carbocycles. The molecule has 4 aromatic carbocycles. The first-order chi connectivity index (χ1) is 16.4. The summed E-state index contributed by atoms with van der Waals surface area (Å²) in [6, 6.07) is 40.1. The standard InChI is InChI=1S/C31H28NOP/c1-31(2,3)25-21-19-24(20-22-25)30(33)29(23-32)34(26-13-7-4-8-14-26,27-15-9-5-10-16-27)28-17-11-6-12-18-28/h4-22H,1-3H3. The maximum absolute atomic E-state index is 14.1. The molecule has 4 aromatic rings. The fourth-order valence-corrected chi connectivity index (χ4v) is 8.44. The molecule has 0 aliphatic rings. The summed E-state index contributed by atoms with van der Waals surface area (Å²) in [5.74, 6) is -0.215. The predicted octanol–water partition coefficient (Wildman–Crippen LogP) is 5.86. The molecule has 0 aliphatic carbocycles. The number of nitrogens with zero attached hydrogens (tertiary/aromatic N) is 1. The lowest BCUT2D eigenvalue weighted by atomic mass is 9.86. The number of carbonyl (C=O) groups excluding carboxylic acids is 1. The molecule has 0 bridgehead atoms. The molecule has 0 amide bonds. The number of Topliss-reactive ketones (excluding diaryl/α,β-unsaturated/α-hetero) is 1. The molecular weight excluding hydrogens is 433 g/mol. The van der Waals surface area contributed by atoms with Gasteiger partial charge in [0.05, 0.1) is 0 Å². The number of hydrogen-bond donors (Lipinski definition) is 0. The van der Waals surface area contributed by atoms with Gasteiger partial charge in [-0.3, -0.25) is 4.79 Å². The Kier molecular flexibility index (Phi) is 6.69. The molecule has 0 unspecified atom stereocenters. The highest BCUT2D eigenvalue weighted by Gasteiger charge is 2.33. The van der Waals surface area contributed by atoms with Gasteiger partial charge in [0.1, 0.15) is 11.4 Å². The minimum Gasteiger partial charge on any atom is -0.288 e. The highest BCUT2D eigenvalue weighted by Crippen LogP contribution is 2.46. The van der Waals surface area contributed by atoms with Gasteiger partial charge >= 0.3 is 0 Å². The van der Waals surface area contributed by atoms with Crippen molar-refractivity contribution in [1.82, 2.24) is 0 Å². The molecule has 3 heteroatoms. The maximum Gasteiger partial charge on any atom is 0.204 e. The van der Waals surface area contributed by atoms with Crippen LogP contribution in [-0.4, -0.2) is 11.1 Å². The van der Waals surface area contributed by atoms with Crippen LogP contribution in [0.2, 0.25) is 0 Å². The number of nitriles is 1. The molecule has 34 heavy (non-hydrogen) atoms. The summed E-state index contributed by atoms with van der Waals surface area (Å²) in [7, 11) is 0. The second-order valence-electron chi connectivity index (χ2n) is 9.29. The Morgan fingerprint density at radius 1 is 0.647 bits per heavy atom. The summed E-state index contributed by atoms with van der Waals surface area (Å²) in [5.41, 5.74) is 1.67. The Bertz CT molecular complexity index is 1270. The van der Waals surface area contributed by atoms with Gasteiger partial charge in [0.15, 0.2) is 0 Å². The molecule has 4 rings (SSSR count). The van der Waals surface area contributed by atoms with Gasteiger partial charge in [-0.1, -0.05) is 136 Å². The molecule has 0 N–H and O–H groups in total. The Morgan fingerprint density at radius 3 is 1.35 bits per heavy atom. The van der Waals surface area contributed by atoms with Crippen LogP contribution in [0.4, 0.5) is 0 Å². The van der Waals surface area contributed by atoms with E-state index in [0.29, 0.717) is 10.9 Å². The molecule has 0 saturated heterocycles. The van der Waals surface area contributed by atoms with Gasteiger partial charge in [-0.15, -0.1) is 0 Å². The normalized spacial score (nSPS) is 11.5. The van der Waals surface area contributed by atoms with Crippen molar-refractivity contribution in [3.8, 4) is 6.07 Å². The first-order valence-corrected chi connectivity index (χ1v) is 13.2. The quantitative estimate of drug-likeness (QED) is 0.276. The van der Waals surface area contributed by atoms with Crippen LogP contribution in [0.1, 0.15) is 36.7 Å². The lowest BCUT2D eigenvalue weighted by Crippen LogP contribution is -2.33. The summed E-state index contributed by atoms with van der Waals surface area (Å²) in [6.07, 6.45) is 0. The first kappa shape index (κ1) is 23.5. The van der Waals surface area contributed by atoms with Crippen LogP contribution in [0.15, 0.2) is 115 Å². The number of ketones is 1. The van der Waals surface area contributed by atoms with Crippen molar-refractivity contribution >= 4 is 33.9 Å². The molecule has 0 radical (unpaired) electrons. The number of carbonyl (C=O) groups is 1. The number of hydrogen-bond acceptors (Lipinski definition) is 2. The van der Waals surface area contributed by atoms with Crippen LogP contribution >= 0.6 is 6.89 Å². The van der Waals surface area contributed by atoms with Crippen LogP contribution in [0.5, 0.6) is 0 Å². The third kappa shape index (κ3) is 4.28. The molecule has 0 aliphatic heterocycles. The monoisotopic (exact) mass is 461 g/mol. The lowest BCUT2D eigenvalue weighted by Gasteiger charge is -2.30. The number of rotatable bonds is 5. The van der Waals surface area contributed by atoms with E-state index < -0.39 is 6.89 Å². The summed E-state index contributed by atoms with van der Waals surface area (Å²) >= 11 is 0. The van der Waals surface area contributed by atoms with Crippen molar-refractivity contribution in [3.63, 3.8) is 0 Å². The third-order valence-corrected chi connectivity index (χ3v) is 10.3. The Balaban J connectivity index is 2.10. The molecule has 0 heterocycles. The maximum atomic E-state index is 14.1. The van der Waals surface area contributed by atoms with Gasteiger partial charge in [0, 0.05) is 5.56 Å². The summed E-state index contributed by atoms with van der Waals surface area (Å²) < 4.78 is 0. The van der Waals surface area contributed by atoms with Crippen LogP contribution in [0.3, 0.4) is 0 Å². The predicted molar refractivity (Wildman–Crippen MR) is 145 cm³/mol. The Hall–Kier alpha value is -3.66. The molecule has 0 fully saturated rings. The van der Waals surface area contributed by atoms with Crippen molar-refractivity contribution in [2.45, 2.75) is 26.2 Å². The van der Waals surface area contributed by atoms with E-state index in [1.165, 1.54) is 0 Å². The zero-order valence-electron chi connectivity index (χ0n) is 19.8. The lowest BCUT2D eigenvalue weighted by molar-refractivity contribution is 0.106. The van der Waals surface area contributed by atoms with Gasteiger partial charge in [-0.05, 0) is 33.8 Å². The van der Waals surface area contributed by atoms with Crippen LogP contribution in [0, 0.1) is 11.3 Å². The van der Waals surface area contributed by atoms with Crippen molar-refractivity contribution in [2.75, 3.05) is 0 Å². The van der Waals surface area contributed by atoms with Crippen molar-refractivity contribution in [2.24, 2.45) is 0 Å². The summed E-state index contributed by atoms with van der Waals surface area (Å²) in [5, 5.41) is 13.8. The third-order valence-electron chi connectivity index (χ3n) is 6.10.